The number of fused-ring (bicyclic) bond motifs is 7. The van der Waals surface area contributed by atoms with Gasteiger partial charge in [-0.05, 0) is 95.8 Å². The van der Waals surface area contributed by atoms with Crippen molar-refractivity contribution in [2.24, 2.45) is 23.9 Å². The number of anilines is 3. The number of carbonyl (C=O) groups excluding carboxylic acids is 1. The molecule has 1 aliphatic carbocycles. The Bertz CT molecular complexity index is 1510. The van der Waals surface area contributed by atoms with E-state index in [0.717, 1.165) is 54.3 Å². The molecule has 222 valence electrons. The number of carbonyl (C=O) groups is 1. The largest absolute Gasteiger partial charge is 0.477 e. The number of guanidine groups is 1. The summed E-state index contributed by atoms with van der Waals surface area (Å²) >= 11 is 0. The van der Waals surface area contributed by atoms with Crippen molar-refractivity contribution in [3.63, 3.8) is 0 Å². The zero-order chi connectivity index (χ0) is 29.5. The summed E-state index contributed by atoms with van der Waals surface area (Å²) in [4.78, 5) is 29.9. The Labute approximate surface area is 248 Å². The van der Waals surface area contributed by atoms with E-state index >= 15 is 0 Å². The summed E-state index contributed by atoms with van der Waals surface area (Å²) < 4.78 is 8.03. The first kappa shape index (κ1) is 28.2. The summed E-state index contributed by atoms with van der Waals surface area (Å²) in [6.45, 7) is 6.49. The summed E-state index contributed by atoms with van der Waals surface area (Å²) in [5.74, 6) is 2.11. The fourth-order valence-electron chi connectivity index (χ4n) is 6.21. The second-order valence-electron chi connectivity index (χ2n) is 12.4. The molecule has 6 rings (SSSR count). The van der Waals surface area contributed by atoms with Gasteiger partial charge in [0, 0.05) is 50.2 Å². The van der Waals surface area contributed by atoms with Gasteiger partial charge in [-0.15, -0.1) is 0 Å². The summed E-state index contributed by atoms with van der Waals surface area (Å²) in [6.07, 6.45) is 6.22. The highest BCUT2D eigenvalue weighted by Crippen LogP contribution is 2.43. The summed E-state index contributed by atoms with van der Waals surface area (Å²) in [5, 5.41) is 7.91. The fourth-order valence-corrected chi connectivity index (χ4v) is 6.21. The molecule has 1 fully saturated rings. The molecule has 3 aliphatic rings. The fraction of sp³-hybridized carbons (Fsp3) is 0.500. The predicted octanol–water partition coefficient (Wildman–Crippen LogP) is 4.80. The van der Waals surface area contributed by atoms with Crippen molar-refractivity contribution < 1.29 is 9.53 Å². The molecule has 2 atom stereocenters. The van der Waals surface area contributed by atoms with Crippen LogP contribution in [0, 0.1) is 18.8 Å². The van der Waals surface area contributed by atoms with E-state index in [1.807, 2.05) is 14.0 Å². The minimum Gasteiger partial charge on any atom is -0.477 e. The monoisotopic (exact) mass is 570 g/mol. The molecule has 10 nitrogen and oxygen atoms in total. The summed E-state index contributed by atoms with van der Waals surface area (Å²) in [6, 6.07) is 10.4. The number of benzene rings is 1. The topological polar surface area (TPSA) is 91.1 Å². The number of aromatic nitrogens is 3. The van der Waals surface area contributed by atoms with Gasteiger partial charge in [-0.3, -0.25) is 9.78 Å². The number of nitrogens with zero attached hydrogens (tertiary/aromatic N) is 7. The normalized spacial score (nSPS) is 20.7. The molecule has 4 heterocycles. The van der Waals surface area contributed by atoms with Gasteiger partial charge in [-0.25, -0.2) is 4.68 Å². The van der Waals surface area contributed by atoms with Crippen LogP contribution in [0.3, 0.4) is 0 Å². The SMILES string of the molecule is Cc1cc2cc(n1)-c1cnn(C)c1OCCC[C@@H](C1CC1)CN1/C(=N/C2=O)Nc2ccc(N(C)[C@@H](C)CN(C)C)cc21. The lowest BCUT2D eigenvalue weighted by Gasteiger charge is -2.30. The predicted molar refractivity (Wildman–Crippen MR) is 168 cm³/mol. The van der Waals surface area contributed by atoms with Gasteiger partial charge in [-0.2, -0.15) is 10.1 Å². The van der Waals surface area contributed by atoms with Crippen LogP contribution in [0.5, 0.6) is 5.88 Å². The molecular formula is C32H42N8O2. The van der Waals surface area contributed by atoms with Gasteiger partial charge >= 0.3 is 0 Å². The Kier molecular flexibility index (Phi) is 7.66. The molecule has 0 spiro atoms. The zero-order valence-electron chi connectivity index (χ0n) is 25.6. The Morgan fingerprint density at radius 1 is 1.12 bits per heavy atom. The molecule has 0 radical (unpaired) electrons. The van der Waals surface area contributed by atoms with Gasteiger partial charge in [0.25, 0.3) is 5.91 Å². The van der Waals surface area contributed by atoms with E-state index in [1.54, 1.807) is 23.0 Å². The first-order valence-corrected chi connectivity index (χ1v) is 15.0. The van der Waals surface area contributed by atoms with E-state index < -0.39 is 0 Å². The Morgan fingerprint density at radius 3 is 2.69 bits per heavy atom. The number of amides is 1. The van der Waals surface area contributed by atoms with Crippen molar-refractivity contribution in [1.82, 2.24) is 19.7 Å². The van der Waals surface area contributed by atoms with Crippen LogP contribution in [0.25, 0.3) is 11.3 Å². The molecule has 10 heteroatoms. The second kappa shape index (κ2) is 11.4. The van der Waals surface area contributed by atoms with E-state index in [4.69, 9.17) is 14.7 Å². The van der Waals surface area contributed by atoms with Gasteiger partial charge in [0.15, 0.2) is 0 Å². The molecule has 42 heavy (non-hydrogen) atoms. The van der Waals surface area contributed by atoms with Crippen LogP contribution >= 0.6 is 0 Å². The van der Waals surface area contributed by atoms with Gasteiger partial charge in [0.1, 0.15) is 0 Å². The number of hydrogen-bond acceptors (Lipinski definition) is 8. The first-order chi connectivity index (χ1) is 20.2. The number of likely N-dealkylation sites (N-methyl/N-ethyl adjacent to an activating group) is 2. The average molecular weight is 571 g/mol. The van der Waals surface area contributed by atoms with Gasteiger partial charge in [-0.1, -0.05) is 0 Å². The van der Waals surface area contributed by atoms with Crippen molar-refractivity contribution in [3.8, 4) is 17.1 Å². The number of pyridine rings is 1. The van der Waals surface area contributed by atoms with Gasteiger partial charge < -0.3 is 24.8 Å². The Morgan fingerprint density at radius 2 is 1.93 bits per heavy atom. The van der Waals surface area contributed by atoms with E-state index in [0.29, 0.717) is 47.6 Å². The van der Waals surface area contributed by atoms with Gasteiger partial charge in [0.2, 0.25) is 11.8 Å². The molecular weight excluding hydrogens is 528 g/mol. The molecule has 1 amide bonds. The van der Waals surface area contributed by atoms with Crippen LogP contribution in [-0.2, 0) is 7.05 Å². The van der Waals surface area contributed by atoms with E-state index in [1.165, 1.54) is 12.8 Å². The van der Waals surface area contributed by atoms with Crippen molar-refractivity contribution in [1.29, 1.82) is 0 Å². The molecule has 0 unspecified atom stereocenters. The van der Waals surface area contributed by atoms with Crippen molar-refractivity contribution in [2.75, 3.05) is 56.0 Å². The third-order valence-corrected chi connectivity index (χ3v) is 8.70. The van der Waals surface area contributed by atoms with Crippen LogP contribution in [0.4, 0.5) is 17.1 Å². The Balaban J connectivity index is 1.40. The lowest BCUT2D eigenvalue weighted by Crippen LogP contribution is -2.38. The highest BCUT2D eigenvalue weighted by molar-refractivity contribution is 6.19. The van der Waals surface area contributed by atoms with Crippen LogP contribution in [0.1, 0.15) is 48.7 Å². The van der Waals surface area contributed by atoms with Crippen LogP contribution < -0.4 is 19.9 Å². The minimum atomic E-state index is -0.303. The van der Waals surface area contributed by atoms with Crippen LogP contribution in [-0.4, -0.2) is 78.4 Å². The van der Waals surface area contributed by atoms with Crippen molar-refractivity contribution in [2.45, 2.75) is 45.6 Å². The average Bonchev–Trinajstić information content (AvgIpc) is 3.65. The van der Waals surface area contributed by atoms with E-state index in [-0.39, 0.29) is 5.91 Å². The maximum Gasteiger partial charge on any atom is 0.280 e. The smallest absolute Gasteiger partial charge is 0.280 e. The third-order valence-electron chi connectivity index (χ3n) is 8.70. The van der Waals surface area contributed by atoms with Gasteiger partial charge in [0.05, 0.1) is 35.4 Å². The third kappa shape index (κ3) is 5.72. The van der Waals surface area contributed by atoms with Crippen molar-refractivity contribution in [3.05, 3.63) is 47.8 Å². The number of rotatable bonds is 5. The van der Waals surface area contributed by atoms with Crippen LogP contribution in [0.15, 0.2) is 41.5 Å². The highest BCUT2D eigenvalue weighted by Gasteiger charge is 2.36. The maximum absolute atomic E-state index is 13.7. The number of nitrogens with one attached hydrogen (secondary N) is 1. The zero-order valence-corrected chi connectivity index (χ0v) is 25.6. The highest BCUT2D eigenvalue weighted by atomic mass is 16.5. The molecule has 0 saturated heterocycles. The number of aliphatic imine (C=N–C) groups is 1. The molecule has 2 aromatic heterocycles. The number of ether oxygens (including phenoxy) is 1. The summed E-state index contributed by atoms with van der Waals surface area (Å²) in [5.41, 5.74) is 5.86. The lowest BCUT2D eigenvalue weighted by molar-refractivity contribution is 0.100. The maximum atomic E-state index is 13.7. The number of aryl methyl sites for hydroxylation is 2. The first-order valence-electron chi connectivity index (χ1n) is 15.0. The molecule has 3 aromatic rings. The lowest BCUT2D eigenvalue weighted by atomic mass is 9.97. The minimum absolute atomic E-state index is 0.303. The van der Waals surface area contributed by atoms with E-state index in [9.17, 15) is 4.79 Å². The Hall–Kier alpha value is -3.92. The molecule has 1 aromatic carbocycles. The standard InChI is InChI=1S/C32H42N8O2/c1-20-14-24-15-28(34-20)26-17-33-39(6)31(26)42-13-7-8-23(22-9-10-22)19-40-29-16-25(38(5)21(2)18-37(3)4)11-12-27(29)35-32(40)36-30(24)41/h11-12,14-17,21-23H,7-10,13,18-19H2,1-6H3,(H,35,36,41)/t21-,23+/m0/s1. The number of hydrogen-bond donors (Lipinski definition) is 1. The second-order valence-corrected chi connectivity index (χ2v) is 12.4. The summed E-state index contributed by atoms with van der Waals surface area (Å²) in [7, 11) is 8.22. The van der Waals surface area contributed by atoms with E-state index in [2.05, 4.69) is 71.4 Å². The quantitative estimate of drug-likeness (QED) is 0.468. The molecule has 1 saturated carbocycles. The molecule has 2 aliphatic heterocycles. The van der Waals surface area contributed by atoms with Crippen LogP contribution in [0.2, 0.25) is 0 Å². The molecule has 1 N–H and O–H groups in total. The molecule has 2 bridgehead atoms. The van der Waals surface area contributed by atoms with Crippen molar-refractivity contribution >= 4 is 28.9 Å².